The van der Waals surface area contributed by atoms with E-state index in [1.165, 1.54) is 6.42 Å². The lowest BCUT2D eigenvalue weighted by Crippen LogP contribution is -2.46. The third kappa shape index (κ3) is 5.21. The summed E-state index contributed by atoms with van der Waals surface area (Å²) in [6, 6.07) is 25.3. The number of nitrogens with one attached hydrogen (secondary N) is 3. The van der Waals surface area contributed by atoms with Crippen LogP contribution in [0.1, 0.15) is 75.1 Å². The number of likely N-dealkylation sites (tertiary alicyclic amines) is 1. The Hall–Kier alpha value is -5.19. The number of ether oxygens (including phenoxy) is 1. The number of rotatable bonds is 7. The van der Waals surface area contributed by atoms with Crippen LogP contribution in [0.15, 0.2) is 85.2 Å². The molecule has 3 aliphatic heterocycles. The average Bonchev–Trinajstić information content (AvgIpc) is 3.99. The van der Waals surface area contributed by atoms with Crippen molar-refractivity contribution in [2.75, 3.05) is 13.1 Å². The van der Waals surface area contributed by atoms with E-state index in [4.69, 9.17) is 20.4 Å². The van der Waals surface area contributed by atoms with Crippen molar-refractivity contribution < 1.29 is 9.53 Å². The standard InChI is InChI=1S/C40H42N8O2/c1-23(2)36(41)39(49)47-17-7-11-33(47)38-44-22-31(46-38)26-12-14-28-34-19-27-18-25(30-21-43-37(45-30)29-10-6-16-42-29)13-15-32(27)48(34)40(50-35(28)20-26)24-8-4-3-5-9-24/h3-5,8-9,12-15,18-23,29,33,36,40,42H,6-7,10-11,16-17,41H2,1-2H3,(H,43,45)(H,44,46). The number of imidazole rings is 2. The second kappa shape index (κ2) is 12.3. The van der Waals surface area contributed by atoms with Gasteiger partial charge in [-0.2, -0.15) is 0 Å². The number of hydrogen-bond acceptors (Lipinski definition) is 6. The van der Waals surface area contributed by atoms with Crippen LogP contribution in [0.5, 0.6) is 5.75 Å². The summed E-state index contributed by atoms with van der Waals surface area (Å²) in [5.41, 5.74) is 14.6. The maximum absolute atomic E-state index is 13.2. The third-order valence-electron chi connectivity index (χ3n) is 10.7. The monoisotopic (exact) mass is 666 g/mol. The van der Waals surface area contributed by atoms with E-state index in [-0.39, 0.29) is 24.1 Å². The van der Waals surface area contributed by atoms with Crippen molar-refractivity contribution in [2.45, 2.75) is 63.9 Å². The van der Waals surface area contributed by atoms with Crippen LogP contribution in [-0.2, 0) is 4.79 Å². The molecular formula is C40H42N8O2. The Labute approximate surface area is 291 Å². The number of H-pyrrole nitrogens is 2. The van der Waals surface area contributed by atoms with E-state index in [0.29, 0.717) is 12.6 Å². The zero-order valence-electron chi connectivity index (χ0n) is 28.4. The summed E-state index contributed by atoms with van der Waals surface area (Å²) in [5.74, 6) is 2.68. The SMILES string of the molecule is CC(C)C(N)C(=O)N1CCCC1c1ncc(-c2ccc3c(c2)OC(c2ccccc2)n2c-3cc3cc(-c4cnc(C5CCCN5)[nH]4)ccc32)[nH]1. The largest absolute Gasteiger partial charge is 0.465 e. The van der Waals surface area contributed by atoms with Crippen molar-refractivity contribution in [1.29, 1.82) is 0 Å². The molecule has 3 aliphatic rings. The highest BCUT2D eigenvalue weighted by Crippen LogP contribution is 2.46. The topological polar surface area (TPSA) is 130 Å². The van der Waals surface area contributed by atoms with Gasteiger partial charge in [0.15, 0.2) is 0 Å². The molecule has 50 heavy (non-hydrogen) atoms. The van der Waals surface area contributed by atoms with Gasteiger partial charge in [-0.15, -0.1) is 0 Å². The molecule has 6 aromatic rings. The van der Waals surface area contributed by atoms with Crippen LogP contribution in [0.4, 0.5) is 0 Å². The number of carbonyl (C=O) groups is 1. The van der Waals surface area contributed by atoms with Crippen molar-refractivity contribution >= 4 is 16.8 Å². The van der Waals surface area contributed by atoms with Gasteiger partial charge in [0.25, 0.3) is 0 Å². The zero-order chi connectivity index (χ0) is 33.9. The Morgan fingerprint density at radius 2 is 1.66 bits per heavy atom. The van der Waals surface area contributed by atoms with Gasteiger partial charge in [0.2, 0.25) is 12.1 Å². The van der Waals surface area contributed by atoms with E-state index in [1.807, 2.05) is 37.2 Å². The lowest BCUT2D eigenvalue weighted by atomic mass is 10.0. The molecule has 2 saturated heterocycles. The fourth-order valence-electron chi connectivity index (χ4n) is 7.89. The fourth-order valence-corrected chi connectivity index (χ4v) is 7.89. The van der Waals surface area contributed by atoms with E-state index in [0.717, 1.165) is 93.4 Å². The number of nitrogens with zero attached hydrogens (tertiary/aromatic N) is 4. The average molecular weight is 667 g/mol. The lowest BCUT2D eigenvalue weighted by molar-refractivity contribution is -0.134. The number of benzene rings is 3. The second-order valence-electron chi connectivity index (χ2n) is 14.2. The molecular weight excluding hydrogens is 624 g/mol. The van der Waals surface area contributed by atoms with Crippen molar-refractivity contribution in [3.63, 3.8) is 0 Å². The van der Waals surface area contributed by atoms with Crippen molar-refractivity contribution in [2.24, 2.45) is 11.7 Å². The summed E-state index contributed by atoms with van der Waals surface area (Å²) in [6.07, 6.45) is 7.54. The molecule has 4 unspecified atom stereocenters. The smallest absolute Gasteiger partial charge is 0.240 e. The van der Waals surface area contributed by atoms with Gasteiger partial charge in [-0.05, 0) is 68.5 Å². The van der Waals surface area contributed by atoms with Crippen LogP contribution in [0, 0.1) is 5.92 Å². The van der Waals surface area contributed by atoms with E-state index in [9.17, 15) is 4.79 Å². The number of amides is 1. The minimum absolute atomic E-state index is 0.00668. The summed E-state index contributed by atoms with van der Waals surface area (Å²) >= 11 is 0. The van der Waals surface area contributed by atoms with Gasteiger partial charge in [-0.1, -0.05) is 56.3 Å². The second-order valence-corrected chi connectivity index (χ2v) is 14.2. The predicted molar refractivity (Wildman–Crippen MR) is 194 cm³/mol. The van der Waals surface area contributed by atoms with Crippen LogP contribution < -0.4 is 15.8 Å². The first-order chi connectivity index (χ1) is 24.4. The first kappa shape index (κ1) is 30.8. The van der Waals surface area contributed by atoms with E-state index < -0.39 is 6.04 Å². The van der Waals surface area contributed by atoms with Gasteiger partial charge in [0, 0.05) is 34.2 Å². The Morgan fingerprint density at radius 1 is 0.900 bits per heavy atom. The third-order valence-corrected chi connectivity index (χ3v) is 10.7. The van der Waals surface area contributed by atoms with Crippen LogP contribution in [0.2, 0.25) is 0 Å². The number of fused-ring (bicyclic) bond motifs is 5. The number of carbonyl (C=O) groups excluding carboxylic acids is 1. The Morgan fingerprint density at radius 3 is 2.44 bits per heavy atom. The molecule has 6 heterocycles. The van der Waals surface area contributed by atoms with Crippen LogP contribution in [0.3, 0.4) is 0 Å². The number of hydrogen-bond donors (Lipinski definition) is 4. The molecule has 10 nitrogen and oxygen atoms in total. The first-order valence-electron chi connectivity index (χ1n) is 17.8. The zero-order valence-corrected chi connectivity index (χ0v) is 28.4. The van der Waals surface area contributed by atoms with Crippen molar-refractivity contribution in [3.05, 3.63) is 102 Å². The molecule has 0 spiro atoms. The number of aromatic amines is 2. The predicted octanol–water partition coefficient (Wildman–Crippen LogP) is 7.10. The summed E-state index contributed by atoms with van der Waals surface area (Å²) in [7, 11) is 0. The molecule has 5 N–H and O–H groups in total. The maximum Gasteiger partial charge on any atom is 0.240 e. The number of aromatic nitrogens is 5. The molecule has 10 heteroatoms. The van der Waals surface area contributed by atoms with E-state index in [2.05, 4.69) is 86.6 Å². The summed E-state index contributed by atoms with van der Waals surface area (Å²) in [4.78, 5) is 31.7. The van der Waals surface area contributed by atoms with Crippen molar-refractivity contribution in [3.8, 4) is 39.5 Å². The van der Waals surface area contributed by atoms with E-state index >= 15 is 0 Å². The van der Waals surface area contributed by atoms with Gasteiger partial charge < -0.3 is 35.2 Å². The highest BCUT2D eigenvalue weighted by Gasteiger charge is 2.35. The molecule has 2 fully saturated rings. The molecule has 254 valence electrons. The summed E-state index contributed by atoms with van der Waals surface area (Å²) in [6.45, 7) is 5.71. The van der Waals surface area contributed by atoms with Gasteiger partial charge in [-0.25, -0.2) is 9.97 Å². The summed E-state index contributed by atoms with van der Waals surface area (Å²) < 4.78 is 9.20. The fraction of sp³-hybridized carbons (Fsp3) is 0.325. The van der Waals surface area contributed by atoms with Crippen LogP contribution in [0.25, 0.3) is 44.7 Å². The van der Waals surface area contributed by atoms with Crippen molar-refractivity contribution in [1.82, 2.24) is 34.7 Å². The highest BCUT2D eigenvalue weighted by atomic mass is 16.5. The molecule has 0 radical (unpaired) electrons. The lowest BCUT2D eigenvalue weighted by Gasteiger charge is -2.30. The van der Waals surface area contributed by atoms with Gasteiger partial charge in [-0.3, -0.25) is 4.79 Å². The minimum Gasteiger partial charge on any atom is -0.465 e. The molecule has 0 saturated carbocycles. The molecule has 9 rings (SSSR count). The van der Waals surface area contributed by atoms with E-state index in [1.54, 1.807) is 0 Å². The van der Waals surface area contributed by atoms with Gasteiger partial charge in [0.05, 0.1) is 53.1 Å². The van der Waals surface area contributed by atoms with Crippen LogP contribution in [-0.4, -0.2) is 54.4 Å². The van der Waals surface area contributed by atoms with Crippen LogP contribution >= 0.6 is 0 Å². The number of nitrogens with two attached hydrogens (primary N) is 1. The molecule has 3 aromatic carbocycles. The Bertz CT molecular complexity index is 2190. The van der Waals surface area contributed by atoms with Gasteiger partial charge in [0.1, 0.15) is 17.4 Å². The Kier molecular flexibility index (Phi) is 7.58. The maximum atomic E-state index is 13.2. The minimum atomic E-state index is -0.514. The Balaban J connectivity index is 1.07. The first-order valence-corrected chi connectivity index (χ1v) is 17.8. The molecule has 4 atom stereocenters. The highest BCUT2D eigenvalue weighted by molar-refractivity contribution is 5.92. The van der Waals surface area contributed by atoms with Gasteiger partial charge >= 0.3 is 0 Å². The molecule has 1 amide bonds. The summed E-state index contributed by atoms with van der Waals surface area (Å²) in [5, 5.41) is 4.68. The molecule has 0 aliphatic carbocycles. The molecule has 3 aromatic heterocycles. The normalized spacial score (nSPS) is 20.6. The molecule has 0 bridgehead atoms. The quantitative estimate of drug-likeness (QED) is 0.144.